The van der Waals surface area contributed by atoms with Gasteiger partial charge >= 0.3 is 0 Å². The Morgan fingerprint density at radius 3 is 2.57 bits per heavy atom. The minimum absolute atomic E-state index is 0.00206. The van der Waals surface area contributed by atoms with Crippen LogP contribution in [0.25, 0.3) is 11.3 Å². The predicted molar refractivity (Wildman–Crippen MR) is 82.0 cm³/mol. The number of nitro groups is 1. The molecule has 0 spiro atoms. The first kappa shape index (κ1) is 14.5. The highest BCUT2D eigenvalue weighted by Gasteiger charge is 2.09. The van der Waals surface area contributed by atoms with E-state index in [2.05, 4.69) is 15.5 Å². The molecular weight excluding hydrogens is 303 g/mol. The molecule has 8 heteroatoms. The largest absolute Gasteiger partial charge is 0.508 e. The number of benzene rings is 2. The highest BCUT2D eigenvalue weighted by molar-refractivity contribution is 5.67. The number of aromatic nitrogens is 2. The number of hydrogen-bond donors (Lipinski definition) is 3. The fourth-order valence-electron chi connectivity index (χ4n) is 2.04. The van der Waals surface area contributed by atoms with Gasteiger partial charge in [-0.25, -0.2) is 4.39 Å². The Balaban J connectivity index is 1.81. The second-order valence-electron chi connectivity index (χ2n) is 4.76. The van der Waals surface area contributed by atoms with Crippen molar-refractivity contribution < 1.29 is 14.4 Å². The van der Waals surface area contributed by atoms with Gasteiger partial charge in [-0.15, -0.1) is 0 Å². The Bertz CT molecular complexity index is 861. The third-order valence-corrected chi connectivity index (χ3v) is 3.18. The first-order valence-electron chi connectivity index (χ1n) is 6.59. The number of anilines is 2. The summed E-state index contributed by atoms with van der Waals surface area (Å²) in [5.41, 5.74) is 1.51. The molecule has 116 valence electrons. The third kappa shape index (κ3) is 3.10. The van der Waals surface area contributed by atoms with Crippen molar-refractivity contribution in [3.05, 3.63) is 64.5 Å². The summed E-state index contributed by atoms with van der Waals surface area (Å²) in [5.74, 6) is -0.394. The summed E-state index contributed by atoms with van der Waals surface area (Å²) in [6.07, 6.45) is 0. The first-order valence-corrected chi connectivity index (χ1v) is 6.59. The van der Waals surface area contributed by atoms with Gasteiger partial charge in [0.1, 0.15) is 11.6 Å². The highest BCUT2D eigenvalue weighted by Crippen LogP contribution is 2.26. The van der Waals surface area contributed by atoms with E-state index in [0.717, 1.165) is 6.07 Å². The van der Waals surface area contributed by atoms with Crippen LogP contribution in [-0.4, -0.2) is 20.2 Å². The maximum Gasteiger partial charge on any atom is 0.269 e. The Morgan fingerprint density at radius 2 is 1.91 bits per heavy atom. The Labute approximate surface area is 129 Å². The number of hydrogen-bond acceptors (Lipinski definition) is 5. The Kier molecular flexibility index (Phi) is 3.63. The summed E-state index contributed by atoms with van der Waals surface area (Å²) in [6.45, 7) is 0. The molecule has 3 aromatic rings. The molecule has 0 saturated carbocycles. The Morgan fingerprint density at radius 1 is 1.17 bits per heavy atom. The summed E-state index contributed by atoms with van der Waals surface area (Å²) in [6, 6.07) is 11.4. The maximum absolute atomic E-state index is 13.7. The number of rotatable bonds is 4. The van der Waals surface area contributed by atoms with Crippen molar-refractivity contribution in [1.29, 1.82) is 0 Å². The number of aromatic hydroxyl groups is 1. The molecule has 1 heterocycles. The molecule has 7 nitrogen and oxygen atoms in total. The molecule has 0 aliphatic carbocycles. The topological polar surface area (TPSA) is 104 Å². The van der Waals surface area contributed by atoms with Gasteiger partial charge in [-0.2, -0.15) is 5.10 Å². The van der Waals surface area contributed by atoms with Crippen LogP contribution in [0.4, 0.5) is 21.6 Å². The normalized spacial score (nSPS) is 10.5. The zero-order valence-corrected chi connectivity index (χ0v) is 11.7. The lowest BCUT2D eigenvalue weighted by atomic mass is 10.1. The number of H-pyrrole nitrogens is 1. The summed E-state index contributed by atoms with van der Waals surface area (Å²) in [4.78, 5) is 10.2. The summed E-state index contributed by atoms with van der Waals surface area (Å²) < 4.78 is 13.7. The lowest BCUT2D eigenvalue weighted by Crippen LogP contribution is -1.93. The van der Waals surface area contributed by atoms with Crippen LogP contribution in [0.5, 0.6) is 5.75 Å². The average molecular weight is 314 g/mol. The van der Waals surface area contributed by atoms with Gasteiger partial charge in [-0.3, -0.25) is 15.2 Å². The van der Waals surface area contributed by atoms with Gasteiger partial charge in [0.15, 0.2) is 5.82 Å². The standard InChI is InChI=1S/C15H11FN4O3/c16-12-7-11(21)5-6-13(12)17-15-8-14(18-19-15)9-1-3-10(4-2-9)20(22)23/h1-8,21H,(H2,17,18,19). The van der Waals surface area contributed by atoms with Gasteiger partial charge in [-0.05, 0) is 24.3 Å². The van der Waals surface area contributed by atoms with Crippen molar-refractivity contribution in [1.82, 2.24) is 10.2 Å². The average Bonchev–Trinajstić information content (AvgIpc) is 2.99. The lowest BCUT2D eigenvalue weighted by molar-refractivity contribution is -0.384. The lowest BCUT2D eigenvalue weighted by Gasteiger charge is -2.04. The van der Waals surface area contributed by atoms with E-state index in [1.807, 2.05) is 0 Å². The van der Waals surface area contributed by atoms with Crippen molar-refractivity contribution in [3.8, 4) is 17.0 Å². The van der Waals surface area contributed by atoms with Crippen LogP contribution in [0.1, 0.15) is 0 Å². The van der Waals surface area contributed by atoms with Crippen LogP contribution in [0.3, 0.4) is 0 Å². The predicted octanol–water partition coefficient (Wildman–Crippen LogP) is 3.57. The number of phenolic OH excluding ortho intramolecular Hbond substituents is 1. The minimum atomic E-state index is -0.607. The molecule has 0 saturated heterocycles. The van der Waals surface area contributed by atoms with E-state index in [0.29, 0.717) is 17.1 Å². The maximum atomic E-state index is 13.7. The number of nitrogens with one attached hydrogen (secondary N) is 2. The van der Waals surface area contributed by atoms with E-state index in [1.165, 1.54) is 24.3 Å². The van der Waals surface area contributed by atoms with Gasteiger partial charge in [0.25, 0.3) is 5.69 Å². The molecule has 3 rings (SSSR count). The highest BCUT2D eigenvalue weighted by atomic mass is 19.1. The molecule has 2 aromatic carbocycles. The van der Waals surface area contributed by atoms with Gasteiger partial charge in [0.2, 0.25) is 0 Å². The first-order chi connectivity index (χ1) is 11.0. The van der Waals surface area contributed by atoms with Crippen LogP contribution < -0.4 is 5.32 Å². The van der Waals surface area contributed by atoms with Crippen molar-refractivity contribution in [3.63, 3.8) is 0 Å². The molecule has 0 unspecified atom stereocenters. The third-order valence-electron chi connectivity index (χ3n) is 3.18. The molecule has 0 aliphatic heterocycles. The molecule has 0 radical (unpaired) electrons. The van der Waals surface area contributed by atoms with E-state index >= 15 is 0 Å². The van der Waals surface area contributed by atoms with E-state index in [9.17, 15) is 19.6 Å². The number of non-ortho nitro benzene ring substituents is 1. The van der Waals surface area contributed by atoms with E-state index in [1.54, 1.807) is 18.2 Å². The quantitative estimate of drug-likeness (QED) is 0.388. The SMILES string of the molecule is O=[N+]([O-])c1ccc(-c2cc(Nc3ccc(O)cc3F)n[nH]2)cc1. The smallest absolute Gasteiger partial charge is 0.269 e. The minimum Gasteiger partial charge on any atom is -0.508 e. The fourth-order valence-corrected chi connectivity index (χ4v) is 2.04. The monoisotopic (exact) mass is 314 g/mol. The molecule has 0 bridgehead atoms. The molecule has 1 aromatic heterocycles. The van der Waals surface area contributed by atoms with Crippen molar-refractivity contribution in [2.24, 2.45) is 0 Å². The summed E-state index contributed by atoms with van der Waals surface area (Å²) in [7, 11) is 0. The van der Waals surface area contributed by atoms with Gasteiger partial charge < -0.3 is 10.4 Å². The van der Waals surface area contributed by atoms with Crippen LogP contribution in [-0.2, 0) is 0 Å². The van der Waals surface area contributed by atoms with Crippen molar-refractivity contribution >= 4 is 17.2 Å². The zero-order chi connectivity index (χ0) is 16.4. The van der Waals surface area contributed by atoms with Gasteiger partial charge in [0, 0.05) is 29.8 Å². The zero-order valence-electron chi connectivity index (χ0n) is 11.7. The number of nitrogens with zero attached hydrogens (tertiary/aromatic N) is 2. The van der Waals surface area contributed by atoms with E-state index in [4.69, 9.17) is 0 Å². The Hall–Kier alpha value is -3.42. The fraction of sp³-hybridized carbons (Fsp3) is 0. The van der Waals surface area contributed by atoms with Crippen LogP contribution in [0, 0.1) is 15.9 Å². The second kappa shape index (κ2) is 5.76. The number of halogens is 1. The number of aromatic amines is 1. The molecule has 0 amide bonds. The van der Waals surface area contributed by atoms with E-state index < -0.39 is 10.7 Å². The van der Waals surface area contributed by atoms with Crippen LogP contribution in [0.15, 0.2) is 48.5 Å². The van der Waals surface area contributed by atoms with Crippen LogP contribution in [0.2, 0.25) is 0 Å². The molecular formula is C15H11FN4O3. The second-order valence-corrected chi connectivity index (χ2v) is 4.76. The van der Waals surface area contributed by atoms with E-state index in [-0.39, 0.29) is 17.1 Å². The van der Waals surface area contributed by atoms with Gasteiger partial charge in [0.05, 0.1) is 16.3 Å². The molecule has 0 aliphatic rings. The molecule has 0 atom stereocenters. The van der Waals surface area contributed by atoms with Gasteiger partial charge in [-0.1, -0.05) is 0 Å². The van der Waals surface area contributed by atoms with Crippen molar-refractivity contribution in [2.45, 2.75) is 0 Å². The molecule has 0 fully saturated rings. The number of phenols is 1. The summed E-state index contributed by atoms with van der Waals surface area (Å²) >= 11 is 0. The number of nitro benzene ring substituents is 1. The molecule has 3 N–H and O–H groups in total. The molecule has 23 heavy (non-hydrogen) atoms. The van der Waals surface area contributed by atoms with Crippen molar-refractivity contribution in [2.75, 3.05) is 5.32 Å². The van der Waals surface area contributed by atoms with Crippen LogP contribution >= 0.6 is 0 Å². The summed E-state index contributed by atoms with van der Waals surface area (Å²) in [5, 5.41) is 29.4.